The van der Waals surface area contributed by atoms with Crippen LogP contribution in [0.5, 0.6) is 5.75 Å². The van der Waals surface area contributed by atoms with Gasteiger partial charge >= 0.3 is 5.97 Å². The smallest absolute Gasteiger partial charge is 0.363 e. The minimum Gasteiger partial charge on any atom is -0.494 e. The molecule has 2 aromatic rings. The van der Waals surface area contributed by atoms with Crippen molar-refractivity contribution in [2.75, 3.05) is 6.61 Å². The van der Waals surface area contributed by atoms with Crippen LogP contribution in [0.25, 0.3) is 6.08 Å². The predicted molar refractivity (Wildman–Crippen MR) is 90.7 cm³/mol. The van der Waals surface area contributed by atoms with Crippen molar-refractivity contribution in [3.05, 3.63) is 53.5 Å². The quantitative estimate of drug-likeness (QED) is 0.465. The van der Waals surface area contributed by atoms with Gasteiger partial charge < -0.3 is 9.47 Å². The summed E-state index contributed by atoms with van der Waals surface area (Å²) in [5.74, 6) is 0.635. The van der Waals surface area contributed by atoms with Gasteiger partial charge in [0.15, 0.2) is 5.70 Å². The highest BCUT2D eigenvalue weighted by Crippen LogP contribution is 2.20. The number of aliphatic imine (C=N–C) groups is 1. The number of benzene rings is 1. The molecule has 0 bridgehead atoms. The summed E-state index contributed by atoms with van der Waals surface area (Å²) in [5, 5.41) is 4.06. The number of cyclic esters (lactones) is 1. The first-order valence-electron chi connectivity index (χ1n) is 7.90. The molecule has 2 heterocycles. The van der Waals surface area contributed by atoms with Gasteiger partial charge in [-0.25, -0.2) is 9.79 Å². The van der Waals surface area contributed by atoms with Crippen molar-refractivity contribution in [2.45, 2.75) is 19.8 Å². The Bertz CT molecular complexity index is 788. The molecule has 0 aliphatic carbocycles. The summed E-state index contributed by atoms with van der Waals surface area (Å²) in [4.78, 5) is 16.2. The maximum absolute atomic E-state index is 12.0. The molecule has 6 heteroatoms. The monoisotopic (exact) mass is 325 g/mol. The van der Waals surface area contributed by atoms with E-state index in [4.69, 9.17) is 9.47 Å². The van der Waals surface area contributed by atoms with Gasteiger partial charge in [0.1, 0.15) is 5.75 Å². The fourth-order valence-corrected chi connectivity index (χ4v) is 2.23. The lowest BCUT2D eigenvalue weighted by Crippen LogP contribution is -2.05. The molecule has 0 radical (unpaired) electrons. The number of rotatable bonds is 6. The van der Waals surface area contributed by atoms with E-state index in [0.29, 0.717) is 12.5 Å². The van der Waals surface area contributed by atoms with E-state index >= 15 is 0 Å². The number of unbranched alkanes of at least 4 members (excludes halogenated alkanes) is 1. The van der Waals surface area contributed by atoms with Crippen LogP contribution in [0.4, 0.5) is 0 Å². The van der Waals surface area contributed by atoms with Crippen molar-refractivity contribution in [1.82, 2.24) is 9.78 Å². The van der Waals surface area contributed by atoms with E-state index in [1.807, 2.05) is 31.3 Å². The zero-order chi connectivity index (χ0) is 16.9. The number of carbonyl (C=O) groups excluding carboxylic acids is 1. The molecule has 0 N–H and O–H groups in total. The Kier molecular flexibility index (Phi) is 4.74. The first kappa shape index (κ1) is 16.0. The summed E-state index contributed by atoms with van der Waals surface area (Å²) in [7, 11) is 1.81. The van der Waals surface area contributed by atoms with Gasteiger partial charge in [0.05, 0.1) is 12.8 Å². The van der Waals surface area contributed by atoms with E-state index in [0.717, 1.165) is 29.7 Å². The summed E-state index contributed by atoms with van der Waals surface area (Å²) in [6.45, 7) is 2.82. The lowest BCUT2D eigenvalue weighted by Gasteiger charge is -2.05. The molecule has 1 aliphatic rings. The van der Waals surface area contributed by atoms with Crippen molar-refractivity contribution in [3.8, 4) is 5.75 Å². The second kappa shape index (κ2) is 7.12. The molecule has 0 spiro atoms. The lowest BCUT2D eigenvalue weighted by molar-refractivity contribution is -0.129. The molecular formula is C18H19N3O3. The Morgan fingerprint density at radius 1 is 1.29 bits per heavy atom. The first-order chi connectivity index (χ1) is 11.7. The van der Waals surface area contributed by atoms with Crippen LogP contribution in [0.3, 0.4) is 0 Å². The number of ether oxygens (including phenoxy) is 2. The maximum Gasteiger partial charge on any atom is 0.363 e. The fraction of sp³-hybridized carbons (Fsp3) is 0.278. The van der Waals surface area contributed by atoms with Crippen molar-refractivity contribution >= 4 is 17.9 Å². The Morgan fingerprint density at radius 3 is 2.75 bits per heavy atom. The van der Waals surface area contributed by atoms with Crippen LogP contribution in [-0.4, -0.2) is 28.3 Å². The SMILES string of the molecule is CCCCOc1ccc(C2=NC(=Cc3cnn(C)c3)C(=O)O2)cc1. The highest BCUT2D eigenvalue weighted by atomic mass is 16.6. The van der Waals surface area contributed by atoms with E-state index in [9.17, 15) is 4.79 Å². The molecule has 6 nitrogen and oxygen atoms in total. The Hall–Kier alpha value is -2.89. The molecule has 1 aliphatic heterocycles. The van der Waals surface area contributed by atoms with E-state index in [2.05, 4.69) is 17.0 Å². The van der Waals surface area contributed by atoms with Gasteiger partial charge in [0.25, 0.3) is 0 Å². The molecule has 3 rings (SSSR count). The third-order valence-corrected chi connectivity index (χ3v) is 3.52. The van der Waals surface area contributed by atoms with Gasteiger partial charge in [-0.05, 0) is 36.8 Å². The van der Waals surface area contributed by atoms with Gasteiger partial charge in [-0.1, -0.05) is 13.3 Å². The molecule has 1 aromatic heterocycles. The predicted octanol–water partition coefficient (Wildman–Crippen LogP) is 2.94. The van der Waals surface area contributed by atoms with Crippen LogP contribution < -0.4 is 4.74 Å². The van der Waals surface area contributed by atoms with Gasteiger partial charge in [-0.15, -0.1) is 0 Å². The molecule has 24 heavy (non-hydrogen) atoms. The second-order valence-electron chi connectivity index (χ2n) is 5.51. The van der Waals surface area contributed by atoms with Crippen LogP contribution in [-0.2, 0) is 16.6 Å². The van der Waals surface area contributed by atoms with Crippen LogP contribution in [0, 0.1) is 0 Å². The molecule has 0 saturated heterocycles. The van der Waals surface area contributed by atoms with Gasteiger partial charge in [0.2, 0.25) is 5.90 Å². The largest absolute Gasteiger partial charge is 0.494 e. The van der Waals surface area contributed by atoms with Crippen LogP contribution in [0.15, 0.2) is 47.3 Å². The molecule has 0 unspecified atom stereocenters. The normalized spacial score (nSPS) is 15.5. The summed E-state index contributed by atoms with van der Waals surface area (Å²) < 4.78 is 12.5. The third kappa shape index (κ3) is 3.71. The first-order valence-corrected chi connectivity index (χ1v) is 7.90. The van der Waals surface area contributed by atoms with E-state index in [1.54, 1.807) is 23.2 Å². The minimum absolute atomic E-state index is 0.265. The van der Waals surface area contributed by atoms with Crippen molar-refractivity contribution < 1.29 is 14.3 Å². The average Bonchev–Trinajstić information content (AvgIpc) is 3.15. The molecular weight excluding hydrogens is 306 g/mol. The van der Waals surface area contributed by atoms with Crippen LogP contribution >= 0.6 is 0 Å². The molecule has 0 atom stereocenters. The third-order valence-electron chi connectivity index (χ3n) is 3.52. The van der Waals surface area contributed by atoms with E-state index in [-0.39, 0.29) is 5.70 Å². The number of esters is 1. The zero-order valence-corrected chi connectivity index (χ0v) is 13.7. The summed E-state index contributed by atoms with van der Waals surface area (Å²) in [6.07, 6.45) is 7.24. The number of hydrogen-bond donors (Lipinski definition) is 0. The Morgan fingerprint density at radius 2 is 2.08 bits per heavy atom. The molecule has 1 aromatic carbocycles. The summed E-state index contributed by atoms with van der Waals surface area (Å²) in [6, 6.07) is 7.37. The summed E-state index contributed by atoms with van der Waals surface area (Å²) in [5.41, 5.74) is 1.80. The van der Waals surface area contributed by atoms with Crippen LogP contribution in [0.1, 0.15) is 30.9 Å². The minimum atomic E-state index is -0.461. The van der Waals surface area contributed by atoms with E-state index in [1.165, 1.54) is 0 Å². The number of nitrogens with zero attached hydrogens (tertiary/aromatic N) is 3. The molecule has 124 valence electrons. The number of carbonyl (C=O) groups is 1. The van der Waals surface area contributed by atoms with Crippen LogP contribution in [0.2, 0.25) is 0 Å². The average molecular weight is 325 g/mol. The number of aryl methyl sites for hydroxylation is 1. The lowest BCUT2D eigenvalue weighted by atomic mass is 10.2. The van der Waals surface area contributed by atoms with Crippen molar-refractivity contribution in [3.63, 3.8) is 0 Å². The fourth-order valence-electron chi connectivity index (χ4n) is 2.23. The van der Waals surface area contributed by atoms with Gasteiger partial charge in [-0.2, -0.15) is 5.10 Å². The Balaban J connectivity index is 1.74. The maximum atomic E-state index is 12.0. The van der Waals surface area contributed by atoms with E-state index < -0.39 is 5.97 Å². The Labute approximate surface area is 140 Å². The highest BCUT2D eigenvalue weighted by molar-refractivity contribution is 6.12. The second-order valence-corrected chi connectivity index (χ2v) is 5.51. The van der Waals surface area contributed by atoms with Gasteiger partial charge in [0, 0.05) is 24.4 Å². The van der Waals surface area contributed by atoms with Gasteiger partial charge in [-0.3, -0.25) is 4.68 Å². The standard InChI is InChI=1S/C18H19N3O3/c1-3-4-9-23-15-7-5-14(6-8-15)17-20-16(18(22)24-17)10-13-11-19-21(2)12-13/h5-8,10-12H,3-4,9H2,1-2H3. The molecule has 0 amide bonds. The topological polar surface area (TPSA) is 65.7 Å². The molecule has 0 saturated carbocycles. The number of hydrogen-bond acceptors (Lipinski definition) is 5. The highest BCUT2D eigenvalue weighted by Gasteiger charge is 2.24. The molecule has 0 fully saturated rings. The zero-order valence-electron chi connectivity index (χ0n) is 13.7. The summed E-state index contributed by atoms with van der Waals surface area (Å²) >= 11 is 0. The van der Waals surface area contributed by atoms with Crippen molar-refractivity contribution in [2.24, 2.45) is 12.0 Å². The number of aromatic nitrogens is 2. The van der Waals surface area contributed by atoms with Crippen molar-refractivity contribution in [1.29, 1.82) is 0 Å².